The first kappa shape index (κ1) is 15.3. The molecule has 0 spiro atoms. The minimum atomic E-state index is 0.813. The number of unbranched alkanes of at least 4 members (excludes halogenated alkanes) is 1. The average molecular weight is 277 g/mol. The van der Waals surface area contributed by atoms with Crippen LogP contribution >= 0.6 is 0 Å². The summed E-state index contributed by atoms with van der Waals surface area (Å²) < 4.78 is 5.42. The van der Waals surface area contributed by atoms with E-state index in [2.05, 4.69) is 21.9 Å². The van der Waals surface area contributed by atoms with Gasteiger partial charge in [-0.05, 0) is 32.0 Å². The van der Waals surface area contributed by atoms with E-state index in [1.54, 1.807) is 7.11 Å². The Balaban J connectivity index is 1.76. The molecule has 1 aromatic carbocycles. The van der Waals surface area contributed by atoms with Crippen molar-refractivity contribution in [3.05, 3.63) is 29.8 Å². The molecular formula is C16H27N3O. The van der Waals surface area contributed by atoms with E-state index >= 15 is 0 Å². The van der Waals surface area contributed by atoms with Gasteiger partial charge in [-0.1, -0.05) is 18.2 Å². The molecule has 0 saturated carbocycles. The van der Waals surface area contributed by atoms with Crippen molar-refractivity contribution in [1.82, 2.24) is 9.80 Å². The fourth-order valence-corrected chi connectivity index (χ4v) is 2.73. The standard InChI is InChI=1S/C16H27N3O/c1-20-16-7-3-2-6-15(16)14-19-12-10-18(11-13-19)9-5-4-8-17/h2-3,6-7H,4-5,8-14,17H2,1H3. The molecule has 20 heavy (non-hydrogen) atoms. The normalized spacial score (nSPS) is 17.3. The number of ether oxygens (including phenoxy) is 1. The quantitative estimate of drug-likeness (QED) is 0.768. The minimum Gasteiger partial charge on any atom is -0.496 e. The number of para-hydroxylation sites is 1. The Morgan fingerprint density at radius 2 is 1.75 bits per heavy atom. The Kier molecular flexibility index (Phi) is 6.30. The number of benzene rings is 1. The summed E-state index contributed by atoms with van der Waals surface area (Å²) in [4.78, 5) is 5.06. The van der Waals surface area contributed by atoms with E-state index in [1.165, 1.54) is 31.6 Å². The van der Waals surface area contributed by atoms with Crippen LogP contribution in [0.2, 0.25) is 0 Å². The van der Waals surface area contributed by atoms with Crippen LogP contribution in [0.4, 0.5) is 0 Å². The van der Waals surface area contributed by atoms with Gasteiger partial charge in [-0.3, -0.25) is 4.90 Å². The number of hydrogen-bond donors (Lipinski definition) is 1. The molecular weight excluding hydrogens is 250 g/mol. The van der Waals surface area contributed by atoms with Crippen LogP contribution in [0.1, 0.15) is 18.4 Å². The molecule has 0 aromatic heterocycles. The number of nitrogens with zero attached hydrogens (tertiary/aromatic N) is 2. The number of methoxy groups -OCH3 is 1. The SMILES string of the molecule is COc1ccccc1CN1CCN(CCCCN)CC1. The van der Waals surface area contributed by atoms with Crippen LogP contribution in [0.5, 0.6) is 5.75 Å². The van der Waals surface area contributed by atoms with Gasteiger partial charge in [0.15, 0.2) is 0 Å². The Hall–Kier alpha value is -1.10. The van der Waals surface area contributed by atoms with Gasteiger partial charge in [-0.15, -0.1) is 0 Å². The lowest BCUT2D eigenvalue weighted by Gasteiger charge is -2.34. The van der Waals surface area contributed by atoms with Crippen molar-refractivity contribution >= 4 is 0 Å². The molecule has 0 amide bonds. The fourth-order valence-electron chi connectivity index (χ4n) is 2.73. The largest absolute Gasteiger partial charge is 0.496 e. The second-order valence-corrected chi connectivity index (χ2v) is 5.43. The van der Waals surface area contributed by atoms with Crippen LogP contribution in [0.3, 0.4) is 0 Å². The maximum atomic E-state index is 5.54. The molecule has 0 unspecified atom stereocenters. The van der Waals surface area contributed by atoms with Crippen LogP contribution in [0.15, 0.2) is 24.3 Å². The van der Waals surface area contributed by atoms with Crippen LogP contribution < -0.4 is 10.5 Å². The lowest BCUT2D eigenvalue weighted by atomic mass is 10.1. The van der Waals surface area contributed by atoms with Crippen molar-refractivity contribution in [3.8, 4) is 5.75 Å². The molecule has 1 aliphatic rings. The summed E-state index contributed by atoms with van der Waals surface area (Å²) in [7, 11) is 1.74. The Bertz CT molecular complexity index is 389. The van der Waals surface area contributed by atoms with Crippen LogP contribution in [-0.2, 0) is 6.54 Å². The molecule has 112 valence electrons. The predicted octanol–water partition coefficient (Wildman–Crippen LogP) is 1.55. The Morgan fingerprint density at radius 3 is 2.45 bits per heavy atom. The van der Waals surface area contributed by atoms with E-state index in [-0.39, 0.29) is 0 Å². The Labute approximate surface area is 122 Å². The highest BCUT2D eigenvalue weighted by atomic mass is 16.5. The van der Waals surface area contributed by atoms with E-state index in [9.17, 15) is 0 Å². The number of hydrogen-bond acceptors (Lipinski definition) is 4. The van der Waals surface area contributed by atoms with Gasteiger partial charge in [0, 0.05) is 38.3 Å². The summed E-state index contributed by atoms with van der Waals surface area (Å²) in [6.45, 7) is 7.61. The van der Waals surface area contributed by atoms with E-state index in [0.717, 1.165) is 38.3 Å². The third-order valence-corrected chi connectivity index (χ3v) is 3.98. The second-order valence-electron chi connectivity index (χ2n) is 5.43. The van der Waals surface area contributed by atoms with Crippen molar-refractivity contribution in [2.45, 2.75) is 19.4 Å². The van der Waals surface area contributed by atoms with Crippen molar-refractivity contribution < 1.29 is 4.74 Å². The van der Waals surface area contributed by atoms with Gasteiger partial charge in [-0.2, -0.15) is 0 Å². The fraction of sp³-hybridized carbons (Fsp3) is 0.625. The summed E-state index contributed by atoms with van der Waals surface area (Å²) in [5, 5.41) is 0. The molecule has 0 aliphatic carbocycles. The van der Waals surface area contributed by atoms with Crippen LogP contribution in [0, 0.1) is 0 Å². The smallest absolute Gasteiger partial charge is 0.123 e. The molecule has 1 aromatic rings. The third-order valence-electron chi connectivity index (χ3n) is 3.98. The van der Waals surface area contributed by atoms with Crippen molar-refractivity contribution in [3.63, 3.8) is 0 Å². The summed E-state index contributed by atoms with van der Waals surface area (Å²) in [6.07, 6.45) is 2.37. The van der Waals surface area contributed by atoms with Crippen LogP contribution in [-0.4, -0.2) is 56.2 Å². The van der Waals surface area contributed by atoms with Gasteiger partial charge in [0.05, 0.1) is 7.11 Å². The monoisotopic (exact) mass is 277 g/mol. The number of rotatable bonds is 7. The number of nitrogens with two attached hydrogens (primary N) is 1. The molecule has 1 heterocycles. The van der Waals surface area contributed by atoms with E-state index < -0.39 is 0 Å². The second kappa shape index (κ2) is 8.25. The van der Waals surface area contributed by atoms with E-state index in [1.807, 2.05) is 12.1 Å². The highest BCUT2D eigenvalue weighted by Gasteiger charge is 2.17. The van der Waals surface area contributed by atoms with Crippen molar-refractivity contribution in [2.75, 3.05) is 46.4 Å². The average Bonchev–Trinajstić information content (AvgIpc) is 2.50. The third kappa shape index (κ3) is 4.47. The highest BCUT2D eigenvalue weighted by molar-refractivity contribution is 5.33. The molecule has 2 rings (SSSR count). The molecule has 0 bridgehead atoms. The zero-order chi connectivity index (χ0) is 14.2. The summed E-state index contributed by atoms with van der Waals surface area (Å²) in [5.41, 5.74) is 6.82. The van der Waals surface area contributed by atoms with Crippen LogP contribution in [0.25, 0.3) is 0 Å². The van der Waals surface area contributed by atoms with Gasteiger partial charge in [-0.25, -0.2) is 0 Å². The van der Waals surface area contributed by atoms with Gasteiger partial charge < -0.3 is 15.4 Å². The maximum Gasteiger partial charge on any atom is 0.123 e. The first-order valence-corrected chi connectivity index (χ1v) is 7.60. The molecule has 0 radical (unpaired) electrons. The molecule has 2 N–H and O–H groups in total. The lowest BCUT2D eigenvalue weighted by molar-refractivity contribution is 0.125. The molecule has 1 fully saturated rings. The van der Waals surface area contributed by atoms with Gasteiger partial charge in [0.2, 0.25) is 0 Å². The van der Waals surface area contributed by atoms with Crippen molar-refractivity contribution in [2.24, 2.45) is 5.73 Å². The van der Waals surface area contributed by atoms with E-state index in [4.69, 9.17) is 10.5 Å². The van der Waals surface area contributed by atoms with Crippen molar-refractivity contribution in [1.29, 1.82) is 0 Å². The molecule has 4 heteroatoms. The first-order valence-electron chi connectivity index (χ1n) is 7.60. The zero-order valence-corrected chi connectivity index (χ0v) is 12.6. The summed E-state index contributed by atoms with van der Waals surface area (Å²) in [5.74, 6) is 0.998. The molecule has 1 saturated heterocycles. The summed E-state index contributed by atoms with van der Waals surface area (Å²) >= 11 is 0. The first-order chi connectivity index (χ1) is 9.83. The molecule has 1 aliphatic heterocycles. The molecule has 0 atom stereocenters. The zero-order valence-electron chi connectivity index (χ0n) is 12.6. The molecule has 4 nitrogen and oxygen atoms in total. The maximum absolute atomic E-state index is 5.54. The van der Waals surface area contributed by atoms with Gasteiger partial charge in [0.25, 0.3) is 0 Å². The highest BCUT2D eigenvalue weighted by Crippen LogP contribution is 2.19. The van der Waals surface area contributed by atoms with Gasteiger partial charge >= 0.3 is 0 Å². The number of piperazine rings is 1. The van der Waals surface area contributed by atoms with Gasteiger partial charge in [0.1, 0.15) is 5.75 Å². The summed E-state index contributed by atoms with van der Waals surface area (Å²) in [6, 6.07) is 8.31. The van der Waals surface area contributed by atoms with E-state index in [0.29, 0.717) is 0 Å². The minimum absolute atomic E-state index is 0.813. The topological polar surface area (TPSA) is 41.7 Å². The predicted molar refractivity (Wildman–Crippen MR) is 83.0 cm³/mol. The lowest BCUT2D eigenvalue weighted by Crippen LogP contribution is -2.46. The Morgan fingerprint density at radius 1 is 1.05 bits per heavy atom.